The molecule has 2 fully saturated rings. The predicted octanol–water partition coefficient (Wildman–Crippen LogP) is 0.955. The lowest BCUT2D eigenvalue weighted by molar-refractivity contribution is 0.0659. The number of rotatable bonds is 3. The van der Waals surface area contributed by atoms with Crippen molar-refractivity contribution >= 4 is 10.0 Å². The van der Waals surface area contributed by atoms with Crippen LogP contribution in [-0.2, 0) is 14.8 Å². The number of sulfonamides is 1. The van der Waals surface area contributed by atoms with Crippen molar-refractivity contribution in [1.82, 2.24) is 9.21 Å². The molecule has 2 bridgehead atoms. The molecule has 23 heavy (non-hydrogen) atoms. The van der Waals surface area contributed by atoms with Crippen molar-refractivity contribution in [3.05, 3.63) is 23.8 Å². The van der Waals surface area contributed by atoms with E-state index in [-0.39, 0.29) is 16.9 Å². The van der Waals surface area contributed by atoms with E-state index in [0.717, 1.165) is 12.1 Å². The summed E-state index contributed by atoms with van der Waals surface area (Å²) in [4.78, 5) is 2.44. The maximum Gasteiger partial charge on any atom is 0.247 e. The van der Waals surface area contributed by atoms with Crippen LogP contribution in [0.1, 0.15) is 5.56 Å². The second-order valence-corrected chi connectivity index (χ2v) is 8.37. The van der Waals surface area contributed by atoms with Gasteiger partial charge in [-0.25, -0.2) is 8.42 Å². The molecule has 0 amide bonds. The lowest BCUT2D eigenvalue weighted by Crippen LogP contribution is -2.45. The minimum atomic E-state index is -3.63. The fraction of sp³-hybridized carbons (Fsp3) is 0.625. The smallest absolute Gasteiger partial charge is 0.247 e. The summed E-state index contributed by atoms with van der Waals surface area (Å²) in [7, 11) is -0.0888. The highest BCUT2D eigenvalue weighted by molar-refractivity contribution is 7.89. The van der Waals surface area contributed by atoms with Crippen molar-refractivity contribution in [2.24, 2.45) is 5.92 Å². The van der Waals surface area contributed by atoms with E-state index in [1.807, 2.05) is 20.0 Å². The van der Waals surface area contributed by atoms with Crippen LogP contribution in [0.3, 0.4) is 0 Å². The van der Waals surface area contributed by atoms with E-state index in [2.05, 4.69) is 4.90 Å². The Morgan fingerprint density at radius 1 is 1.22 bits per heavy atom. The lowest BCUT2D eigenvalue weighted by Gasteiger charge is -2.29. The monoisotopic (exact) mass is 340 g/mol. The maximum atomic E-state index is 13.3. The predicted molar refractivity (Wildman–Crippen MR) is 87.2 cm³/mol. The molecule has 6 nitrogen and oxygen atoms in total. The molecule has 0 radical (unpaired) electrons. The van der Waals surface area contributed by atoms with Gasteiger partial charge in [0.1, 0.15) is 10.6 Å². The molecule has 0 aliphatic carbocycles. The summed E-state index contributed by atoms with van der Waals surface area (Å²) in [6.45, 7) is 4.97. The standard InChI is InChI=1S/C16H24N2O4S/c1-12-4-5-15(21-3)16(6-12)23(19,20)18-8-13-7-17(2)9-14(18)11-22-10-13/h4-6,13-14H,7-11H2,1-3H3/t13-,14-/m0/s1. The molecule has 2 aliphatic rings. The molecule has 128 valence electrons. The molecule has 0 aromatic heterocycles. The van der Waals surface area contributed by atoms with Gasteiger partial charge in [-0.05, 0) is 31.7 Å². The summed E-state index contributed by atoms with van der Waals surface area (Å²) in [5, 5.41) is 0. The third-order valence-electron chi connectivity index (χ3n) is 4.51. The van der Waals surface area contributed by atoms with Gasteiger partial charge in [0.15, 0.2) is 0 Å². The lowest BCUT2D eigenvalue weighted by atomic mass is 10.1. The van der Waals surface area contributed by atoms with Crippen LogP contribution in [0.5, 0.6) is 5.75 Å². The van der Waals surface area contributed by atoms with Crippen molar-refractivity contribution in [2.75, 3.05) is 47.0 Å². The first-order valence-corrected chi connectivity index (χ1v) is 9.28. The minimum absolute atomic E-state index is 0.164. The van der Waals surface area contributed by atoms with Crippen LogP contribution in [0.15, 0.2) is 23.1 Å². The minimum Gasteiger partial charge on any atom is -0.495 e. The topological polar surface area (TPSA) is 59.1 Å². The molecule has 0 N–H and O–H groups in total. The zero-order chi connectivity index (χ0) is 16.6. The van der Waals surface area contributed by atoms with Gasteiger partial charge in [-0.2, -0.15) is 4.31 Å². The van der Waals surface area contributed by atoms with Gasteiger partial charge in [0.2, 0.25) is 10.0 Å². The van der Waals surface area contributed by atoms with E-state index in [1.54, 1.807) is 16.4 Å². The third kappa shape index (κ3) is 3.24. The Balaban J connectivity index is 2.03. The fourth-order valence-electron chi connectivity index (χ4n) is 3.45. The van der Waals surface area contributed by atoms with Crippen molar-refractivity contribution < 1.29 is 17.9 Å². The number of benzene rings is 1. The number of hydrogen-bond donors (Lipinski definition) is 0. The van der Waals surface area contributed by atoms with Crippen LogP contribution >= 0.6 is 0 Å². The van der Waals surface area contributed by atoms with Crippen molar-refractivity contribution in [2.45, 2.75) is 17.9 Å². The molecular formula is C16H24N2O4S. The highest BCUT2D eigenvalue weighted by Gasteiger charge is 2.40. The molecule has 0 spiro atoms. The van der Waals surface area contributed by atoms with E-state index >= 15 is 0 Å². The van der Waals surface area contributed by atoms with E-state index in [0.29, 0.717) is 32.1 Å². The Labute approximate surface area is 138 Å². The number of aryl methyl sites for hydroxylation is 1. The van der Waals surface area contributed by atoms with Gasteiger partial charge in [-0.1, -0.05) is 6.07 Å². The first-order chi connectivity index (χ1) is 10.9. The summed E-state index contributed by atoms with van der Waals surface area (Å²) in [5.74, 6) is 0.585. The molecule has 3 rings (SSSR count). The number of hydrogen-bond acceptors (Lipinski definition) is 5. The molecule has 2 saturated heterocycles. The average Bonchev–Trinajstić information content (AvgIpc) is 2.78. The van der Waals surface area contributed by atoms with Crippen LogP contribution in [0.25, 0.3) is 0 Å². The van der Waals surface area contributed by atoms with Crippen LogP contribution in [0.4, 0.5) is 0 Å². The number of nitrogens with zero attached hydrogens (tertiary/aromatic N) is 2. The zero-order valence-electron chi connectivity index (χ0n) is 13.9. The molecule has 0 saturated carbocycles. The Kier molecular flexibility index (Phi) is 4.64. The molecule has 7 heteroatoms. The molecular weight excluding hydrogens is 316 g/mol. The van der Waals surface area contributed by atoms with Crippen LogP contribution < -0.4 is 4.74 Å². The molecule has 2 heterocycles. The van der Waals surface area contributed by atoms with E-state index < -0.39 is 10.0 Å². The summed E-state index contributed by atoms with van der Waals surface area (Å²) in [5.41, 5.74) is 0.899. The highest BCUT2D eigenvalue weighted by Crippen LogP contribution is 2.31. The van der Waals surface area contributed by atoms with Gasteiger partial charge < -0.3 is 14.4 Å². The fourth-order valence-corrected chi connectivity index (χ4v) is 5.37. The van der Waals surface area contributed by atoms with Crippen molar-refractivity contribution in [1.29, 1.82) is 0 Å². The normalized spacial score (nSPS) is 26.7. The van der Waals surface area contributed by atoms with Crippen LogP contribution in [0.2, 0.25) is 0 Å². The van der Waals surface area contributed by atoms with Crippen LogP contribution in [-0.4, -0.2) is 70.7 Å². The van der Waals surface area contributed by atoms with Crippen molar-refractivity contribution in [3.8, 4) is 5.75 Å². The second kappa shape index (κ2) is 6.39. The number of ether oxygens (including phenoxy) is 2. The summed E-state index contributed by atoms with van der Waals surface area (Å²) < 4.78 is 39.2. The van der Waals surface area contributed by atoms with E-state index in [4.69, 9.17) is 9.47 Å². The van der Waals surface area contributed by atoms with Crippen LogP contribution in [0, 0.1) is 12.8 Å². The third-order valence-corrected chi connectivity index (χ3v) is 6.45. The first kappa shape index (κ1) is 16.7. The van der Waals surface area contributed by atoms with E-state index in [1.165, 1.54) is 7.11 Å². The van der Waals surface area contributed by atoms with Crippen molar-refractivity contribution in [3.63, 3.8) is 0 Å². The quantitative estimate of drug-likeness (QED) is 0.820. The SMILES string of the molecule is COc1ccc(C)cc1S(=O)(=O)N1C[C@H]2COC[C@@H]1CN(C)C2. The first-order valence-electron chi connectivity index (χ1n) is 7.84. The molecule has 1 aromatic rings. The highest BCUT2D eigenvalue weighted by atomic mass is 32.2. The van der Waals surface area contributed by atoms with Gasteiger partial charge >= 0.3 is 0 Å². The van der Waals surface area contributed by atoms with Gasteiger partial charge in [0.05, 0.1) is 26.4 Å². The second-order valence-electron chi connectivity index (χ2n) is 6.51. The Morgan fingerprint density at radius 3 is 2.74 bits per heavy atom. The zero-order valence-corrected chi connectivity index (χ0v) is 14.7. The van der Waals surface area contributed by atoms with Gasteiger partial charge in [0, 0.05) is 25.6 Å². The number of likely N-dealkylation sites (N-methyl/N-ethyl adjacent to an activating group) is 1. The van der Waals surface area contributed by atoms with Gasteiger partial charge in [-0.3, -0.25) is 0 Å². The molecule has 2 atom stereocenters. The molecule has 1 aromatic carbocycles. The largest absolute Gasteiger partial charge is 0.495 e. The maximum absolute atomic E-state index is 13.3. The molecule has 2 aliphatic heterocycles. The Hall–Kier alpha value is -1.15. The summed E-state index contributed by atoms with van der Waals surface area (Å²) in [6.07, 6.45) is 0. The summed E-state index contributed by atoms with van der Waals surface area (Å²) >= 11 is 0. The van der Waals surface area contributed by atoms with Gasteiger partial charge in [-0.15, -0.1) is 0 Å². The number of fused-ring (bicyclic) bond motifs is 3. The molecule has 0 unspecified atom stereocenters. The number of methoxy groups -OCH3 is 1. The van der Waals surface area contributed by atoms with E-state index in [9.17, 15) is 8.42 Å². The summed E-state index contributed by atoms with van der Waals surface area (Å²) in [6, 6.07) is 5.10. The van der Waals surface area contributed by atoms with Gasteiger partial charge in [0.25, 0.3) is 0 Å². The Bertz CT molecular complexity index is 677. The average molecular weight is 340 g/mol. The Morgan fingerprint density at radius 2 is 2.00 bits per heavy atom.